The highest BCUT2D eigenvalue weighted by molar-refractivity contribution is 5.81. The number of nitrogens with one attached hydrogen (secondary N) is 1. The van der Waals surface area contributed by atoms with Gasteiger partial charge in [-0.2, -0.15) is 13.2 Å². The zero-order valence-corrected chi connectivity index (χ0v) is 8.21. The van der Waals surface area contributed by atoms with Crippen LogP contribution in [0.3, 0.4) is 0 Å². The first-order valence-corrected chi connectivity index (χ1v) is 4.91. The minimum absolute atomic E-state index is 0.00136. The molecular formula is C9H10F3NO3. The Labute approximate surface area is 89.1 Å². The number of Topliss-reactive ketones (excluding diaryl/α,β-unsaturated/α-hetero) is 1. The van der Waals surface area contributed by atoms with Crippen LogP contribution in [0.25, 0.3) is 0 Å². The molecule has 2 rings (SSSR count). The maximum atomic E-state index is 12.0. The Kier molecular flexibility index (Phi) is 2.65. The van der Waals surface area contributed by atoms with Gasteiger partial charge in [-0.25, -0.2) is 4.79 Å². The standard InChI is InChI=1S/C9H10F3NO3/c10-9(11,12)8(15)16-7-6-2-5(14)1-4(6)3-13-7/h4,6-7,13H,1-3H2. The number of esters is 1. The summed E-state index contributed by atoms with van der Waals surface area (Å²) in [6, 6.07) is 0. The summed E-state index contributed by atoms with van der Waals surface area (Å²) >= 11 is 0. The fourth-order valence-corrected chi connectivity index (χ4v) is 2.26. The van der Waals surface area contributed by atoms with E-state index >= 15 is 0 Å². The van der Waals surface area contributed by atoms with Crippen LogP contribution in [0.4, 0.5) is 13.2 Å². The molecular weight excluding hydrogens is 227 g/mol. The molecule has 0 bridgehead atoms. The molecule has 0 aromatic rings. The molecule has 3 atom stereocenters. The molecule has 2 fully saturated rings. The Balaban J connectivity index is 1.97. The zero-order chi connectivity index (χ0) is 11.9. The smallest absolute Gasteiger partial charge is 0.440 e. The number of ether oxygens (including phenoxy) is 1. The van der Waals surface area contributed by atoms with E-state index in [4.69, 9.17) is 0 Å². The second kappa shape index (κ2) is 3.73. The van der Waals surface area contributed by atoms with Crippen LogP contribution in [-0.2, 0) is 14.3 Å². The molecule has 7 heteroatoms. The molecule has 1 heterocycles. The van der Waals surface area contributed by atoms with Crippen molar-refractivity contribution in [2.75, 3.05) is 6.54 Å². The van der Waals surface area contributed by atoms with E-state index in [0.717, 1.165) is 0 Å². The van der Waals surface area contributed by atoms with E-state index in [2.05, 4.69) is 10.1 Å². The lowest BCUT2D eigenvalue weighted by atomic mass is 9.99. The van der Waals surface area contributed by atoms with Crippen molar-refractivity contribution in [2.24, 2.45) is 11.8 Å². The second-order valence-electron chi connectivity index (χ2n) is 4.10. The van der Waals surface area contributed by atoms with Crippen LogP contribution in [-0.4, -0.2) is 30.7 Å². The van der Waals surface area contributed by atoms with E-state index in [-0.39, 0.29) is 24.0 Å². The highest BCUT2D eigenvalue weighted by Crippen LogP contribution is 2.36. The van der Waals surface area contributed by atoms with Crippen LogP contribution in [0.15, 0.2) is 0 Å². The van der Waals surface area contributed by atoms with Gasteiger partial charge in [0.05, 0.1) is 0 Å². The van der Waals surface area contributed by atoms with Gasteiger partial charge in [0.25, 0.3) is 0 Å². The maximum absolute atomic E-state index is 12.0. The highest BCUT2D eigenvalue weighted by atomic mass is 19.4. The van der Waals surface area contributed by atoms with Gasteiger partial charge in [0.2, 0.25) is 0 Å². The van der Waals surface area contributed by atoms with Gasteiger partial charge in [0, 0.05) is 25.3 Å². The van der Waals surface area contributed by atoms with E-state index in [1.54, 1.807) is 0 Å². The number of rotatable bonds is 1. The first-order chi connectivity index (χ1) is 7.38. The number of hydrogen-bond donors (Lipinski definition) is 1. The Hall–Kier alpha value is -1.11. The largest absolute Gasteiger partial charge is 0.490 e. The van der Waals surface area contributed by atoms with Gasteiger partial charge in [-0.05, 0) is 5.92 Å². The van der Waals surface area contributed by atoms with Crippen molar-refractivity contribution in [3.63, 3.8) is 0 Å². The van der Waals surface area contributed by atoms with Crippen LogP contribution in [0.2, 0.25) is 0 Å². The van der Waals surface area contributed by atoms with E-state index in [9.17, 15) is 22.8 Å². The lowest BCUT2D eigenvalue weighted by Gasteiger charge is -2.18. The van der Waals surface area contributed by atoms with Crippen LogP contribution in [0, 0.1) is 11.8 Å². The lowest BCUT2D eigenvalue weighted by Crippen LogP contribution is -2.38. The molecule has 2 aliphatic rings. The van der Waals surface area contributed by atoms with Gasteiger partial charge < -0.3 is 4.74 Å². The predicted octanol–water partition coefficient (Wildman–Crippen LogP) is 0.616. The van der Waals surface area contributed by atoms with E-state index in [1.165, 1.54) is 0 Å². The number of halogens is 3. The van der Waals surface area contributed by atoms with Crippen molar-refractivity contribution >= 4 is 11.8 Å². The maximum Gasteiger partial charge on any atom is 0.490 e. The summed E-state index contributed by atoms with van der Waals surface area (Å²) in [5.41, 5.74) is 0. The van der Waals surface area contributed by atoms with Gasteiger partial charge in [-0.1, -0.05) is 0 Å². The zero-order valence-electron chi connectivity index (χ0n) is 8.21. The minimum atomic E-state index is -4.98. The molecule has 0 aromatic heterocycles. The molecule has 3 unspecified atom stereocenters. The summed E-state index contributed by atoms with van der Waals surface area (Å²) in [5.74, 6) is -2.49. The quantitative estimate of drug-likeness (QED) is 0.679. The topological polar surface area (TPSA) is 55.4 Å². The molecule has 16 heavy (non-hydrogen) atoms. The summed E-state index contributed by atoms with van der Waals surface area (Å²) in [6.45, 7) is 0.423. The number of carbonyl (C=O) groups is 2. The molecule has 0 aromatic carbocycles. The predicted molar refractivity (Wildman–Crippen MR) is 45.2 cm³/mol. The molecule has 0 radical (unpaired) electrons. The van der Waals surface area contributed by atoms with Crippen LogP contribution < -0.4 is 5.32 Å². The van der Waals surface area contributed by atoms with Crippen LogP contribution >= 0.6 is 0 Å². The fourth-order valence-electron chi connectivity index (χ4n) is 2.26. The molecule has 1 N–H and O–H groups in total. The Morgan fingerprint density at radius 3 is 2.69 bits per heavy atom. The monoisotopic (exact) mass is 237 g/mol. The normalized spacial score (nSPS) is 33.9. The van der Waals surface area contributed by atoms with Gasteiger partial charge >= 0.3 is 12.1 Å². The molecule has 1 aliphatic carbocycles. The van der Waals surface area contributed by atoms with Gasteiger partial charge in [-0.15, -0.1) is 0 Å². The second-order valence-corrected chi connectivity index (χ2v) is 4.10. The minimum Gasteiger partial charge on any atom is -0.440 e. The molecule has 0 spiro atoms. The van der Waals surface area contributed by atoms with Crippen molar-refractivity contribution in [3.8, 4) is 0 Å². The third-order valence-electron chi connectivity index (χ3n) is 2.99. The Morgan fingerprint density at radius 1 is 1.38 bits per heavy atom. The van der Waals surface area contributed by atoms with Gasteiger partial charge in [-0.3, -0.25) is 10.1 Å². The molecule has 1 saturated heterocycles. The molecule has 1 saturated carbocycles. The third-order valence-corrected chi connectivity index (χ3v) is 2.99. The SMILES string of the molecule is O=C1CC2CNC(OC(=O)C(F)(F)F)C2C1. The molecule has 4 nitrogen and oxygen atoms in total. The average molecular weight is 237 g/mol. The number of alkyl halides is 3. The Morgan fingerprint density at radius 2 is 2.06 bits per heavy atom. The summed E-state index contributed by atoms with van der Waals surface area (Å²) < 4.78 is 40.2. The van der Waals surface area contributed by atoms with Crippen LogP contribution in [0.1, 0.15) is 12.8 Å². The molecule has 90 valence electrons. The van der Waals surface area contributed by atoms with Crippen LogP contribution in [0.5, 0.6) is 0 Å². The highest BCUT2D eigenvalue weighted by Gasteiger charge is 2.48. The number of hydrogen-bond acceptors (Lipinski definition) is 4. The van der Waals surface area contributed by atoms with Gasteiger partial charge in [0.1, 0.15) is 5.78 Å². The number of carbonyl (C=O) groups excluding carboxylic acids is 2. The van der Waals surface area contributed by atoms with Crippen molar-refractivity contribution in [1.29, 1.82) is 0 Å². The summed E-state index contributed by atoms with van der Waals surface area (Å²) in [5, 5.41) is 2.69. The Bertz CT molecular complexity index is 328. The molecule has 1 aliphatic heterocycles. The van der Waals surface area contributed by atoms with Crippen molar-refractivity contribution in [3.05, 3.63) is 0 Å². The third kappa shape index (κ3) is 2.04. The summed E-state index contributed by atoms with van der Waals surface area (Å²) in [7, 11) is 0. The van der Waals surface area contributed by atoms with Crippen molar-refractivity contribution in [2.45, 2.75) is 25.2 Å². The molecule has 0 amide bonds. The van der Waals surface area contributed by atoms with E-state index < -0.39 is 18.4 Å². The average Bonchev–Trinajstić information content (AvgIpc) is 2.65. The van der Waals surface area contributed by atoms with E-state index in [1.807, 2.05) is 0 Å². The summed E-state index contributed by atoms with van der Waals surface area (Å²) in [4.78, 5) is 21.7. The van der Waals surface area contributed by atoms with Gasteiger partial charge in [0.15, 0.2) is 6.23 Å². The first-order valence-electron chi connectivity index (χ1n) is 4.91. The lowest BCUT2D eigenvalue weighted by molar-refractivity contribution is -0.207. The van der Waals surface area contributed by atoms with Crippen molar-refractivity contribution in [1.82, 2.24) is 5.32 Å². The summed E-state index contributed by atoms with van der Waals surface area (Å²) in [6.07, 6.45) is -5.42. The van der Waals surface area contributed by atoms with E-state index in [0.29, 0.717) is 13.0 Å². The first kappa shape index (κ1) is 11.4. The number of fused-ring (bicyclic) bond motifs is 1. The van der Waals surface area contributed by atoms with Crippen molar-refractivity contribution < 1.29 is 27.5 Å². The fraction of sp³-hybridized carbons (Fsp3) is 0.778. The number of ketones is 1.